The number of nitrogen functional groups attached to an aromatic ring is 1. The average Bonchev–Trinajstić information content (AvgIpc) is 3.63. The molecule has 0 radical (unpaired) electrons. The fourth-order valence-electron chi connectivity index (χ4n) is 6.48. The molecule has 1 aliphatic heterocycles. The molecule has 0 bridgehead atoms. The SMILES string of the molecule is C=CCN(C[C@H]1C[C@@H](c2ccc(CO)cc2)O[C@@H](c2cccc(NC(=O)CCCCC(=O)Nc3ccccc3N)c2)O1)C1CCCC1. The quantitative estimate of drug-likeness (QED) is 0.0811. The Morgan fingerprint density at radius 1 is 0.915 bits per heavy atom. The van der Waals surface area contributed by atoms with Crippen molar-refractivity contribution < 1.29 is 24.2 Å². The Kier molecular flexibility index (Phi) is 12.6. The summed E-state index contributed by atoms with van der Waals surface area (Å²) in [6, 6.07) is 23.2. The van der Waals surface area contributed by atoms with E-state index in [1.165, 1.54) is 25.7 Å². The fourth-order valence-corrected chi connectivity index (χ4v) is 6.48. The number of nitrogens with one attached hydrogen (secondary N) is 2. The number of aliphatic hydroxyl groups excluding tert-OH is 1. The molecule has 2 aliphatic rings. The molecular formula is C38H48N4O5. The van der Waals surface area contributed by atoms with E-state index < -0.39 is 6.29 Å². The third-order valence-corrected chi connectivity index (χ3v) is 8.99. The number of unbranched alkanes of at least 4 members (excludes halogenated alkanes) is 1. The molecule has 1 saturated heterocycles. The van der Waals surface area contributed by atoms with Crippen molar-refractivity contribution in [3.63, 3.8) is 0 Å². The van der Waals surface area contributed by atoms with Crippen LogP contribution in [0, 0.1) is 0 Å². The van der Waals surface area contributed by atoms with E-state index in [0.717, 1.165) is 29.8 Å². The Hall–Kier alpha value is -4.02. The first-order valence-corrected chi connectivity index (χ1v) is 16.8. The van der Waals surface area contributed by atoms with Gasteiger partial charge in [0.15, 0.2) is 6.29 Å². The number of para-hydroxylation sites is 2. The molecule has 47 heavy (non-hydrogen) atoms. The molecular weight excluding hydrogens is 592 g/mol. The van der Waals surface area contributed by atoms with Crippen molar-refractivity contribution >= 4 is 28.9 Å². The molecule has 5 N–H and O–H groups in total. The van der Waals surface area contributed by atoms with Crippen molar-refractivity contribution in [2.75, 3.05) is 29.5 Å². The number of carbonyl (C=O) groups is 2. The number of ether oxygens (including phenoxy) is 2. The molecule has 2 amide bonds. The molecule has 250 valence electrons. The van der Waals surface area contributed by atoms with Gasteiger partial charge in [0.1, 0.15) is 0 Å². The lowest BCUT2D eigenvalue weighted by atomic mass is 9.99. The van der Waals surface area contributed by atoms with Gasteiger partial charge < -0.3 is 30.9 Å². The van der Waals surface area contributed by atoms with Crippen molar-refractivity contribution in [2.45, 2.75) is 88.9 Å². The molecule has 2 fully saturated rings. The first-order valence-electron chi connectivity index (χ1n) is 16.8. The van der Waals surface area contributed by atoms with Crippen LogP contribution in [0.5, 0.6) is 0 Å². The topological polar surface area (TPSA) is 126 Å². The third-order valence-electron chi connectivity index (χ3n) is 8.99. The maximum absolute atomic E-state index is 12.8. The van der Waals surface area contributed by atoms with E-state index in [0.29, 0.717) is 55.2 Å². The summed E-state index contributed by atoms with van der Waals surface area (Å²) < 4.78 is 13.2. The highest BCUT2D eigenvalue weighted by Gasteiger charge is 2.34. The highest BCUT2D eigenvalue weighted by molar-refractivity contribution is 5.94. The van der Waals surface area contributed by atoms with Gasteiger partial charge in [-0.15, -0.1) is 6.58 Å². The Morgan fingerprint density at radius 3 is 2.34 bits per heavy atom. The smallest absolute Gasteiger partial charge is 0.224 e. The van der Waals surface area contributed by atoms with Gasteiger partial charge in [0, 0.05) is 49.6 Å². The molecule has 0 aromatic heterocycles. The molecule has 3 aromatic carbocycles. The number of amides is 2. The van der Waals surface area contributed by atoms with Gasteiger partial charge in [0.25, 0.3) is 0 Å². The number of anilines is 3. The maximum atomic E-state index is 12.8. The van der Waals surface area contributed by atoms with Crippen LogP contribution in [0.4, 0.5) is 17.1 Å². The maximum Gasteiger partial charge on any atom is 0.224 e. The lowest BCUT2D eigenvalue weighted by Crippen LogP contribution is -2.43. The van der Waals surface area contributed by atoms with Gasteiger partial charge in [-0.3, -0.25) is 14.5 Å². The summed E-state index contributed by atoms with van der Waals surface area (Å²) in [6.45, 7) is 5.61. The van der Waals surface area contributed by atoms with Crippen LogP contribution in [-0.4, -0.2) is 47.1 Å². The number of aliphatic hydroxyl groups is 1. The van der Waals surface area contributed by atoms with Crippen molar-refractivity contribution in [2.24, 2.45) is 0 Å². The molecule has 0 unspecified atom stereocenters. The number of benzene rings is 3. The normalized spacial score (nSPS) is 19.8. The van der Waals surface area contributed by atoms with E-state index in [2.05, 4.69) is 22.1 Å². The summed E-state index contributed by atoms with van der Waals surface area (Å²) in [5.74, 6) is -0.239. The second kappa shape index (κ2) is 17.2. The summed E-state index contributed by atoms with van der Waals surface area (Å²) >= 11 is 0. The molecule has 1 heterocycles. The highest BCUT2D eigenvalue weighted by atomic mass is 16.7. The van der Waals surface area contributed by atoms with Crippen molar-refractivity contribution in [3.8, 4) is 0 Å². The Balaban J connectivity index is 1.19. The number of hydrogen-bond acceptors (Lipinski definition) is 7. The van der Waals surface area contributed by atoms with Crippen LogP contribution in [0.15, 0.2) is 85.5 Å². The third kappa shape index (κ3) is 9.98. The van der Waals surface area contributed by atoms with Gasteiger partial charge in [0.2, 0.25) is 11.8 Å². The molecule has 5 rings (SSSR count). The summed E-state index contributed by atoms with van der Waals surface area (Å²) in [6.07, 6.45) is 8.51. The van der Waals surface area contributed by atoms with Crippen LogP contribution in [0.1, 0.15) is 86.9 Å². The van der Waals surface area contributed by atoms with Gasteiger partial charge in [-0.25, -0.2) is 0 Å². The highest BCUT2D eigenvalue weighted by Crippen LogP contribution is 2.39. The van der Waals surface area contributed by atoms with Crippen molar-refractivity contribution in [1.29, 1.82) is 0 Å². The number of rotatable bonds is 15. The summed E-state index contributed by atoms with van der Waals surface area (Å²) in [7, 11) is 0. The van der Waals surface area contributed by atoms with Gasteiger partial charge >= 0.3 is 0 Å². The van der Waals surface area contributed by atoms with E-state index in [-0.39, 0.29) is 30.6 Å². The Labute approximate surface area is 278 Å². The van der Waals surface area contributed by atoms with Gasteiger partial charge in [0.05, 0.1) is 30.2 Å². The predicted octanol–water partition coefficient (Wildman–Crippen LogP) is 6.87. The van der Waals surface area contributed by atoms with Gasteiger partial charge in [-0.1, -0.05) is 67.4 Å². The van der Waals surface area contributed by atoms with Crippen molar-refractivity contribution in [3.05, 3.63) is 102 Å². The molecule has 0 spiro atoms. The first kappa shape index (κ1) is 34.3. The lowest BCUT2D eigenvalue weighted by Gasteiger charge is -2.39. The summed E-state index contributed by atoms with van der Waals surface area (Å²) in [5, 5.41) is 15.4. The molecule has 3 aromatic rings. The largest absolute Gasteiger partial charge is 0.397 e. The number of nitrogens with two attached hydrogens (primary N) is 1. The van der Waals surface area contributed by atoms with E-state index in [1.807, 2.05) is 66.7 Å². The minimum Gasteiger partial charge on any atom is -0.397 e. The second-order valence-corrected chi connectivity index (χ2v) is 12.5. The minimum atomic E-state index is -0.612. The van der Waals surface area contributed by atoms with E-state index >= 15 is 0 Å². The average molecular weight is 641 g/mol. The van der Waals surface area contributed by atoms with Crippen LogP contribution in [0.3, 0.4) is 0 Å². The molecule has 1 aliphatic carbocycles. The van der Waals surface area contributed by atoms with E-state index in [4.69, 9.17) is 15.2 Å². The standard InChI is InChI=1S/C38H48N4O5/c1-2-22-42(31-12-3-4-13-31)25-32-24-35(28-20-18-27(26-43)19-21-28)47-38(46-32)29-10-9-11-30(23-29)40-36(44)16-7-8-17-37(45)41-34-15-6-5-14-33(34)39/h2,5-6,9-11,14-15,18-21,23,31-32,35,38,43H,1,3-4,7-8,12-13,16-17,22,24-26,39H2,(H,40,44)(H,41,45)/t32-,35+,38+/m1/s1. The molecule has 9 heteroatoms. The number of hydrogen-bond donors (Lipinski definition) is 4. The lowest BCUT2D eigenvalue weighted by molar-refractivity contribution is -0.253. The van der Waals surface area contributed by atoms with Crippen LogP contribution < -0.4 is 16.4 Å². The van der Waals surface area contributed by atoms with Gasteiger partial charge in [-0.05, 0) is 61.1 Å². The fraction of sp³-hybridized carbons (Fsp3) is 0.421. The predicted molar refractivity (Wildman–Crippen MR) is 185 cm³/mol. The Morgan fingerprint density at radius 2 is 1.64 bits per heavy atom. The zero-order valence-corrected chi connectivity index (χ0v) is 27.1. The zero-order valence-electron chi connectivity index (χ0n) is 27.1. The van der Waals surface area contributed by atoms with Crippen LogP contribution in [-0.2, 0) is 25.7 Å². The molecule has 1 saturated carbocycles. The van der Waals surface area contributed by atoms with Crippen LogP contribution >= 0.6 is 0 Å². The summed E-state index contributed by atoms with van der Waals surface area (Å²) in [5.41, 5.74) is 10.4. The van der Waals surface area contributed by atoms with Crippen molar-refractivity contribution in [1.82, 2.24) is 4.90 Å². The number of carbonyl (C=O) groups excluding carboxylic acids is 2. The Bertz CT molecular complexity index is 1470. The second-order valence-electron chi connectivity index (χ2n) is 12.5. The number of nitrogens with zero attached hydrogens (tertiary/aromatic N) is 1. The minimum absolute atomic E-state index is 0.00424. The zero-order chi connectivity index (χ0) is 33.0. The monoisotopic (exact) mass is 640 g/mol. The van der Waals surface area contributed by atoms with Crippen LogP contribution in [0.25, 0.3) is 0 Å². The van der Waals surface area contributed by atoms with Crippen LogP contribution in [0.2, 0.25) is 0 Å². The van der Waals surface area contributed by atoms with E-state index in [1.54, 1.807) is 12.1 Å². The van der Waals surface area contributed by atoms with Gasteiger partial charge in [-0.2, -0.15) is 0 Å². The molecule has 9 nitrogen and oxygen atoms in total. The van der Waals surface area contributed by atoms with E-state index in [9.17, 15) is 14.7 Å². The summed E-state index contributed by atoms with van der Waals surface area (Å²) in [4.78, 5) is 27.6. The first-order chi connectivity index (χ1) is 22.9. The molecule has 3 atom stereocenters.